The maximum absolute atomic E-state index is 12.6. The van der Waals surface area contributed by atoms with Crippen LogP contribution in [0.3, 0.4) is 0 Å². The highest BCUT2D eigenvalue weighted by atomic mass is 35.5. The standard InChI is InChI=1S/C14H18ClN2O5P/c1-8-3-4-17(7-12(8)16)14(18)10-5-11(15)9(2)13(6-10)22-23(19,20)21/h5-6H,3-4,7,16H2,1-2H3,(H2,19,20,21). The van der Waals surface area contributed by atoms with E-state index in [1.165, 1.54) is 12.1 Å². The topological polar surface area (TPSA) is 113 Å². The first-order valence-electron chi connectivity index (χ1n) is 6.87. The molecule has 4 N–H and O–H groups in total. The van der Waals surface area contributed by atoms with Gasteiger partial charge in [-0.15, -0.1) is 0 Å². The molecule has 0 unspecified atom stereocenters. The average Bonchev–Trinajstić information content (AvgIpc) is 2.44. The maximum atomic E-state index is 12.6. The number of halogens is 1. The molecule has 2 rings (SSSR count). The number of carbonyl (C=O) groups is 1. The van der Waals surface area contributed by atoms with Crippen molar-refractivity contribution >= 4 is 25.3 Å². The molecule has 0 aromatic heterocycles. The molecule has 0 saturated carbocycles. The number of amides is 1. The van der Waals surface area contributed by atoms with Gasteiger partial charge in [-0.3, -0.25) is 14.6 Å². The van der Waals surface area contributed by atoms with Crippen molar-refractivity contribution in [1.82, 2.24) is 4.90 Å². The van der Waals surface area contributed by atoms with Crippen LogP contribution in [0.4, 0.5) is 0 Å². The van der Waals surface area contributed by atoms with Crippen LogP contribution in [0.25, 0.3) is 0 Å². The molecule has 126 valence electrons. The van der Waals surface area contributed by atoms with E-state index in [0.29, 0.717) is 30.8 Å². The van der Waals surface area contributed by atoms with Crippen LogP contribution in [0.5, 0.6) is 5.75 Å². The number of hydrogen-bond donors (Lipinski definition) is 3. The molecule has 23 heavy (non-hydrogen) atoms. The minimum Gasteiger partial charge on any atom is -0.404 e. The van der Waals surface area contributed by atoms with Gasteiger partial charge in [-0.1, -0.05) is 17.2 Å². The normalized spacial score (nSPS) is 15.8. The zero-order chi connectivity index (χ0) is 17.4. The monoisotopic (exact) mass is 360 g/mol. The van der Waals surface area contributed by atoms with Crippen molar-refractivity contribution in [2.75, 3.05) is 13.1 Å². The molecular formula is C14H18ClN2O5P. The van der Waals surface area contributed by atoms with E-state index in [1.807, 2.05) is 6.92 Å². The summed E-state index contributed by atoms with van der Waals surface area (Å²) in [5.41, 5.74) is 8.13. The van der Waals surface area contributed by atoms with Gasteiger partial charge in [0.05, 0.1) is 6.54 Å². The van der Waals surface area contributed by atoms with Gasteiger partial charge in [0.1, 0.15) is 5.75 Å². The number of nitrogens with zero attached hydrogens (tertiary/aromatic N) is 1. The van der Waals surface area contributed by atoms with Gasteiger partial charge < -0.3 is 15.2 Å². The Kier molecular flexibility index (Phi) is 5.06. The molecule has 0 saturated heterocycles. The smallest absolute Gasteiger partial charge is 0.404 e. The molecule has 0 atom stereocenters. The molecular weight excluding hydrogens is 343 g/mol. The highest BCUT2D eigenvalue weighted by Gasteiger charge is 2.24. The third kappa shape index (κ3) is 4.26. The Morgan fingerprint density at radius 3 is 2.61 bits per heavy atom. The van der Waals surface area contributed by atoms with Crippen LogP contribution in [-0.2, 0) is 4.57 Å². The Morgan fingerprint density at radius 2 is 2.04 bits per heavy atom. The van der Waals surface area contributed by atoms with Gasteiger partial charge >= 0.3 is 7.82 Å². The van der Waals surface area contributed by atoms with Crippen molar-refractivity contribution in [1.29, 1.82) is 0 Å². The largest absolute Gasteiger partial charge is 0.524 e. The van der Waals surface area contributed by atoms with Gasteiger partial charge in [0.15, 0.2) is 0 Å². The molecule has 7 nitrogen and oxygen atoms in total. The second-order valence-corrected chi connectivity index (χ2v) is 7.02. The Balaban J connectivity index is 2.33. The number of phosphoric ester groups is 1. The molecule has 0 fully saturated rings. The van der Waals surface area contributed by atoms with E-state index in [4.69, 9.17) is 27.1 Å². The number of nitrogens with two attached hydrogens (primary N) is 1. The zero-order valence-electron chi connectivity index (χ0n) is 12.7. The fourth-order valence-corrected chi connectivity index (χ4v) is 2.90. The SMILES string of the molecule is CC1=C(N)CN(C(=O)c2cc(Cl)c(C)c(OP(=O)(O)O)c2)CC1. The third-order valence-electron chi connectivity index (χ3n) is 3.71. The summed E-state index contributed by atoms with van der Waals surface area (Å²) >= 11 is 6.04. The summed E-state index contributed by atoms with van der Waals surface area (Å²) in [6.45, 7) is 4.30. The molecule has 0 spiro atoms. The van der Waals surface area contributed by atoms with Crippen LogP contribution >= 0.6 is 19.4 Å². The molecule has 0 bridgehead atoms. The average molecular weight is 361 g/mol. The van der Waals surface area contributed by atoms with E-state index in [-0.39, 0.29) is 22.2 Å². The predicted molar refractivity (Wildman–Crippen MR) is 86.3 cm³/mol. The van der Waals surface area contributed by atoms with Crippen LogP contribution in [-0.4, -0.2) is 33.7 Å². The highest BCUT2D eigenvalue weighted by Crippen LogP contribution is 2.41. The zero-order valence-corrected chi connectivity index (χ0v) is 14.4. The fourth-order valence-electron chi connectivity index (χ4n) is 2.24. The second-order valence-electron chi connectivity index (χ2n) is 5.45. The summed E-state index contributed by atoms with van der Waals surface area (Å²) in [5.74, 6) is -0.441. The Bertz CT molecular complexity index is 728. The van der Waals surface area contributed by atoms with Crippen LogP contribution in [0.2, 0.25) is 5.02 Å². The van der Waals surface area contributed by atoms with Crippen molar-refractivity contribution in [2.24, 2.45) is 5.73 Å². The van der Waals surface area contributed by atoms with Crippen molar-refractivity contribution in [3.05, 3.63) is 39.6 Å². The highest BCUT2D eigenvalue weighted by molar-refractivity contribution is 7.46. The number of hydrogen-bond acceptors (Lipinski definition) is 4. The molecule has 1 aliphatic rings. The van der Waals surface area contributed by atoms with Gasteiger partial charge in [-0.25, -0.2) is 4.57 Å². The first kappa shape index (κ1) is 17.8. The summed E-state index contributed by atoms with van der Waals surface area (Å²) in [7, 11) is -4.75. The molecule has 0 radical (unpaired) electrons. The van der Waals surface area contributed by atoms with E-state index in [2.05, 4.69) is 4.52 Å². The molecule has 1 aromatic carbocycles. The lowest BCUT2D eigenvalue weighted by Crippen LogP contribution is -2.38. The first-order chi connectivity index (χ1) is 10.6. The van der Waals surface area contributed by atoms with Gasteiger partial charge in [0, 0.05) is 28.4 Å². The summed E-state index contributed by atoms with van der Waals surface area (Å²) in [6.07, 6.45) is 0.684. The van der Waals surface area contributed by atoms with Crippen molar-refractivity contribution < 1.29 is 23.7 Å². The van der Waals surface area contributed by atoms with Gasteiger partial charge in [-0.05, 0) is 32.4 Å². The van der Waals surface area contributed by atoms with E-state index in [9.17, 15) is 9.36 Å². The minimum absolute atomic E-state index is 0.120. The van der Waals surface area contributed by atoms with Crippen molar-refractivity contribution in [3.8, 4) is 5.75 Å². The van der Waals surface area contributed by atoms with E-state index >= 15 is 0 Å². The van der Waals surface area contributed by atoms with Crippen LogP contribution < -0.4 is 10.3 Å². The third-order valence-corrected chi connectivity index (χ3v) is 4.54. The summed E-state index contributed by atoms with van der Waals surface area (Å²) in [4.78, 5) is 32.0. The Hall–Kier alpha value is -1.53. The molecule has 0 aliphatic carbocycles. The predicted octanol–water partition coefficient (Wildman–Crippen LogP) is 2.20. The lowest BCUT2D eigenvalue weighted by Gasteiger charge is -2.28. The minimum atomic E-state index is -4.75. The lowest BCUT2D eigenvalue weighted by molar-refractivity contribution is 0.0762. The van der Waals surface area contributed by atoms with E-state index in [1.54, 1.807) is 11.8 Å². The van der Waals surface area contributed by atoms with Crippen LogP contribution in [0.15, 0.2) is 23.4 Å². The summed E-state index contributed by atoms with van der Waals surface area (Å²) in [6, 6.07) is 2.73. The van der Waals surface area contributed by atoms with Crippen LogP contribution in [0, 0.1) is 6.92 Å². The van der Waals surface area contributed by atoms with Crippen molar-refractivity contribution in [2.45, 2.75) is 20.3 Å². The molecule has 9 heteroatoms. The lowest BCUT2D eigenvalue weighted by atomic mass is 10.1. The number of benzene rings is 1. The molecule has 1 heterocycles. The number of rotatable bonds is 3. The van der Waals surface area contributed by atoms with Gasteiger partial charge in [0.2, 0.25) is 0 Å². The summed E-state index contributed by atoms with van der Waals surface area (Å²) in [5, 5.41) is 0.191. The number of carbonyl (C=O) groups excluding carboxylic acids is 1. The van der Waals surface area contributed by atoms with Crippen LogP contribution in [0.1, 0.15) is 29.3 Å². The quantitative estimate of drug-likeness (QED) is 0.712. The first-order valence-corrected chi connectivity index (χ1v) is 8.78. The maximum Gasteiger partial charge on any atom is 0.524 e. The summed E-state index contributed by atoms with van der Waals surface area (Å²) < 4.78 is 15.6. The Labute approximate surface area is 138 Å². The molecule has 1 amide bonds. The van der Waals surface area contributed by atoms with E-state index < -0.39 is 7.82 Å². The fraction of sp³-hybridized carbons (Fsp3) is 0.357. The molecule has 1 aliphatic heterocycles. The Morgan fingerprint density at radius 1 is 1.39 bits per heavy atom. The molecule has 1 aromatic rings. The van der Waals surface area contributed by atoms with E-state index in [0.717, 1.165) is 5.57 Å². The van der Waals surface area contributed by atoms with Gasteiger partial charge in [0.25, 0.3) is 5.91 Å². The van der Waals surface area contributed by atoms with Gasteiger partial charge in [-0.2, -0.15) is 0 Å². The second kappa shape index (κ2) is 6.53. The van der Waals surface area contributed by atoms with Crippen molar-refractivity contribution in [3.63, 3.8) is 0 Å². The number of phosphoric acid groups is 1.